The first-order chi connectivity index (χ1) is 9.29. The number of anilines is 1. The lowest BCUT2D eigenvalue weighted by Gasteiger charge is -2.27. The van der Waals surface area contributed by atoms with Gasteiger partial charge in [-0.25, -0.2) is 0 Å². The van der Waals surface area contributed by atoms with E-state index in [9.17, 15) is 0 Å². The van der Waals surface area contributed by atoms with Gasteiger partial charge in [-0.1, -0.05) is 18.2 Å². The van der Waals surface area contributed by atoms with Crippen LogP contribution in [0.25, 0.3) is 0 Å². The molecule has 0 saturated heterocycles. The van der Waals surface area contributed by atoms with Crippen molar-refractivity contribution in [2.75, 3.05) is 5.32 Å². The van der Waals surface area contributed by atoms with E-state index in [1.807, 2.05) is 0 Å². The molecular weight excluding hydrogens is 230 g/mol. The summed E-state index contributed by atoms with van der Waals surface area (Å²) >= 11 is 0. The van der Waals surface area contributed by atoms with Crippen LogP contribution in [0, 0.1) is 17.8 Å². The highest BCUT2D eigenvalue weighted by Gasteiger charge is 2.38. The number of benzene rings is 1. The Morgan fingerprint density at radius 1 is 1.11 bits per heavy atom. The SMILES string of the molecule is CC(Nc1ccc2c(c1)CCC2)C1CC2C=CC1C2. The van der Waals surface area contributed by atoms with Gasteiger partial charge < -0.3 is 5.32 Å². The Morgan fingerprint density at radius 3 is 2.79 bits per heavy atom. The summed E-state index contributed by atoms with van der Waals surface area (Å²) in [5, 5.41) is 3.76. The van der Waals surface area contributed by atoms with E-state index in [-0.39, 0.29) is 0 Å². The smallest absolute Gasteiger partial charge is 0.0345 e. The molecule has 1 nitrogen and oxygen atoms in total. The van der Waals surface area contributed by atoms with E-state index in [4.69, 9.17) is 0 Å². The average molecular weight is 253 g/mol. The second-order valence-electron chi connectivity index (χ2n) is 6.71. The van der Waals surface area contributed by atoms with Crippen LogP contribution in [0.15, 0.2) is 30.4 Å². The van der Waals surface area contributed by atoms with Crippen molar-refractivity contribution < 1.29 is 0 Å². The van der Waals surface area contributed by atoms with Gasteiger partial charge in [0.15, 0.2) is 0 Å². The van der Waals surface area contributed by atoms with Crippen molar-refractivity contribution in [1.82, 2.24) is 0 Å². The fourth-order valence-electron chi connectivity index (χ4n) is 4.43. The molecule has 0 aromatic heterocycles. The lowest BCUT2D eigenvalue weighted by atomic mass is 9.87. The van der Waals surface area contributed by atoms with Gasteiger partial charge in [0.25, 0.3) is 0 Å². The van der Waals surface area contributed by atoms with Crippen molar-refractivity contribution >= 4 is 5.69 Å². The molecule has 0 spiro atoms. The van der Waals surface area contributed by atoms with Crippen LogP contribution in [-0.4, -0.2) is 6.04 Å². The van der Waals surface area contributed by atoms with E-state index in [0.29, 0.717) is 6.04 Å². The fourth-order valence-corrected chi connectivity index (χ4v) is 4.43. The minimum absolute atomic E-state index is 0.597. The molecule has 0 radical (unpaired) electrons. The largest absolute Gasteiger partial charge is 0.382 e. The van der Waals surface area contributed by atoms with E-state index < -0.39 is 0 Å². The number of aryl methyl sites for hydroxylation is 2. The monoisotopic (exact) mass is 253 g/mol. The first kappa shape index (κ1) is 11.6. The van der Waals surface area contributed by atoms with Crippen molar-refractivity contribution in [3.63, 3.8) is 0 Å². The van der Waals surface area contributed by atoms with Gasteiger partial charge in [0, 0.05) is 11.7 Å². The van der Waals surface area contributed by atoms with E-state index in [2.05, 4.69) is 42.6 Å². The van der Waals surface area contributed by atoms with E-state index >= 15 is 0 Å². The lowest BCUT2D eigenvalue weighted by Crippen LogP contribution is -2.28. The molecule has 4 atom stereocenters. The van der Waals surface area contributed by atoms with E-state index in [1.165, 1.54) is 37.8 Å². The molecule has 3 aliphatic rings. The average Bonchev–Trinajstić information content (AvgIpc) is 3.13. The second-order valence-corrected chi connectivity index (χ2v) is 6.71. The molecule has 0 heterocycles. The molecule has 1 saturated carbocycles. The topological polar surface area (TPSA) is 12.0 Å². The summed E-state index contributed by atoms with van der Waals surface area (Å²) < 4.78 is 0. The summed E-state index contributed by atoms with van der Waals surface area (Å²) in [5.74, 6) is 2.55. The van der Waals surface area contributed by atoms with Crippen molar-refractivity contribution in [3.8, 4) is 0 Å². The minimum Gasteiger partial charge on any atom is -0.382 e. The third-order valence-electron chi connectivity index (χ3n) is 5.47. The van der Waals surface area contributed by atoms with Gasteiger partial charge in [-0.05, 0) is 80.0 Å². The highest BCUT2D eigenvalue weighted by Crippen LogP contribution is 2.45. The summed E-state index contributed by atoms with van der Waals surface area (Å²) in [7, 11) is 0. The fraction of sp³-hybridized carbons (Fsp3) is 0.556. The molecule has 0 amide bonds. The van der Waals surface area contributed by atoms with Crippen LogP contribution in [0.2, 0.25) is 0 Å². The van der Waals surface area contributed by atoms with Gasteiger partial charge >= 0.3 is 0 Å². The molecule has 100 valence electrons. The maximum Gasteiger partial charge on any atom is 0.0345 e. The van der Waals surface area contributed by atoms with Crippen LogP contribution in [0.5, 0.6) is 0 Å². The molecule has 4 unspecified atom stereocenters. The second kappa shape index (κ2) is 4.40. The molecule has 1 fully saturated rings. The van der Waals surface area contributed by atoms with Crippen molar-refractivity contribution in [2.24, 2.45) is 17.8 Å². The van der Waals surface area contributed by atoms with Crippen LogP contribution in [0.4, 0.5) is 5.69 Å². The molecule has 0 aliphatic heterocycles. The maximum atomic E-state index is 3.76. The third-order valence-corrected chi connectivity index (χ3v) is 5.47. The normalized spacial score (nSPS) is 32.6. The molecule has 19 heavy (non-hydrogen) atoms. The van der Waals surface area contributed by atoms with Crippen molar-refractivity contribution in [1.29, 1.82) is 0 Å². The maximum absolute atomic E-state index is 3.76. The first-order valence-corrected chi connectivity index (χ1v) is 7.86. The van der Waals surface area contributed by atoms with Crippen molar-refractivity contribution in [2.45, 2.75) is 45.1 Å². The summed E-state index contributed by atoms with van der Waals surface area (Å²) in [4.78, 5) is 0. The number of fused-ring (bicyclic) bond motifs is 3. The zero-order valence-corrected chi connectivity index (χ0v) is 11.7. The van der Waals surface area contributed by atoms with Crippen LogP contribution in [-0.2, 0) is 12.8 Å². The minimum atomic E-state index is 0.597. The first-order valence-electron chi connectivity index (χ1n) is 7.86. The van der Waals surface area contributed by atoms with E-state index in [0.717, 1.165) is 17.8 Å². The van der Waals surface area contributed by atoms with Gasteiger partial charge in [-0.15, -0.1) is 0 Å². The summed E-state index contributed by atoms with van der Waals surface area (Å²) in [6.45, 7) is 2.37. The van der Waals surface area contributed by atoms with E-state index in [1.54, 1.807) is 11.1 Å². The Balaban J connectivity index is 1.48. The van der Waals surface area contributed by atoms with Gasteiger partial charge in [-0.3, -0.25) is 0 Å². The van der Waals surface area contributed by atoms with Crippen molar-refractivity contribution in [3.05, 3.63) is 41.5 Å². The highest BCUT2D eigenvalue weighted by molar-refractivity contribution is 5.50. The number of rotatable bonds is 3. The zero-order chi connectivity index (χ0) is 12.8. The standard InChI is InChI=1S/C18H23N/c1-12(18-10-13-5-6-16(18)9-13)19-17-8-7-14-3-2-4-15(14)11-17/h5-8,11-13,16,18-19H,2-4,9-10H2,1H3. The molecular formula is C18H23N. The van der Waals surface area contributed by atoms with Gasteiger partial charge in [-0.2, -0.15) is 0 Å². The summed E-state index contributed by atoms with van der Waals surface area (Å²) in [5.41, 5.74) is 4.48. The predicted molar refractivity (Wildman–Crippen MR) is 80.4 cm³/mol. The molecule has 2 bridgehead atoms. The molecule has 1 aromatic carbocycles. The number of hydrogen-bond donors (Lipinski definition) is 1. The van der Waals surface area contributed by atoms with Crippen LogP contribution in [0.3, 0.4) is 0 Å². The Labute approximate surface area is 116 Å². The predicted octanol–water partition coefficient (Wildman–Crippen LogP) is 4.19. The molecule has 4 rings (SSSR count). The summed E-state index contributed by atoms with van der Waals surface area (Å²) in [6.07, 6.45) is 11.6. The number of allylic oxidation sites excluding steroid dienone is 2. The number of nitrogens with one attached hydrogen (secondary N) is 1. The van der Waals surface area contributed by atoms with Crippen LogP contribution >= 0.6 is 0 Å². The van der Waals surface area contributed by atoms with Crippen LogP contribution < -0.4 is 5.32 Å². The number of hydrogen-bond acceptors (Lipinski definition) is 1. The van der Waals surface area contributed by atoms with Gasteiger partial charge in [0.1, 0.15) is 0 Å². The molecule has 1 heteroatoms. The Bertz CT molecular complexity index is 516. The Kier molecular flexibility index (Phi) is 2.68. The van der Waals surface area contributed by atoms with Gasteiger partial charge in [0.2, 0.25) is 0 Å². The highest BCUT2D eigenvalue weighted by atomic mass is 14.9. The molecule has 1 N–H and O–H groups in total. The quantitative estimate of drug-likeness (QED) is 0.797. The summed E-state index contributed by atoms with van der Waals surface area (Å²) in [6, 6.07) is 7.60. The third kappa shape index (κ3) is 2.00. The zero-order valence-electron chi connectivity index (χ0n) is 11.7. The Morgan fingerprint density at radius 2 is 2.00 bits per heavy atom. The van der Waals surface area contributed by atoms with Gasteiger partial charge in [0.05, 0.1) is 0 Å². The molecule has 1 aromatic rings. The van der Waals surface area contributed by atoms with Crippen LogP contribution in [0.1, 0.15) is 37.3 Å². The lowest BCUT2D eigenvalue weighted by molar-refractivity contribution is 0.400. The molecule has 3 aliphatic carbocycles. The Hall–Kier alpha value is -1.24.